The molecule has 0 saturated carbocycles. The van der Waals surface area contributed by atoms with Crippen molar-refractivity contribution in [3.05, 3.63) is 70.7 Å². The topological polar surface area (TPSA) is 24.9 Å². The highest BCUT2D eigenvalue weighted by Gasteiger charge is 2.06. The van der Waals surface area contributed by atoms with Gasteiger partial charge in [-0.15, -0.1) is 23.1 Å². The zero-order valence-electron chi connectivity index (χ0n) is 12.3. The number of hydrogen-bond acceptors (Lipinski definition) is 4. The SMILES string of the molecule is Cc1ccc(Nc2nc(CSc3ccc(F)c(F)c3)cs2)cc1. The Morgan fingerprint density at radius 1 is 1.09 bits per heavy atom. The minimum Gasteiger partial charge on any atom is -0.332 e. The molecule has 3 aromatic rings. The normalized spacial score (nSPS) is 10.7. The maximum absolute atomic E-state index is 13.2. The van der Waals surface area contributed by atoms with Crippen molar-refractivity contribution in [1.82, 2.24) is 4.98 Å². The van der Waals surface area contributed by atoms with Gasteiger partial charge in [0.1, 0.15) is 0 Å². The lowest BCUT2D eigenvalue weighted by Crippen LogP contribution is -1.90. The van der Waals surface area contributed by atoms with Gasteiger partial charge in [0.25, 0.3) is 0 Å². The number of benzene rings is 2. The van der Waals surface area contributed by atoms with Crippen LogP contribution in [0, 0.1) is 18.6 Å². The van der Waals surface area contributed by atoms with E-state index in [4.69, 9.17) is 0 Å². The minimum atomic E-state index is -0.826. The van der Waals surface area contributed by atoms with Crippen LogP contribution in [-0.2, 0) is 5.75 Å². The summed E-state index contributed by atoms with van der Waals surface area (Å²) in [7, 11) is 0. The fourth-order valence-corrected chi connectivity index (χ4v) is 3.56. The molecule has 0 aliphatic carbocycles. The van der Waals surface area contributed by atoms with Gasteiger partial charge in [0.15, 0.2) is 16.8 Å². The Labute approximate surface area is 141 Å². The van der Waals surface area contributed by atoms with Crippen molar-refractivity contribution in [3.8, 4) is 0 Å². The van der Waals surface area contributed by atoms with Crippen LogP contribution in [0.1, 0.15) is 11.3 Å². The summed E-state index contributed by atoms with van der Waals surface area (Å²) < 4.78 is 26.1. The van der Waals surface area contributed by atoms with Crippen LogP contribution in [0.3, 0.4) is 0 Å². The first-order chi connectivity index (χ1) is 11.1. The molecule has 1 N–H and O–H groups in total. The Bertz CT molecular complexity index is 801. The molecule has 1 heterocycles. The predicted molar refractivity (Wildman–Crippen MR) is 92.5 cm³/mol. The maximum atomic E-state index is 13.2. The third kappa shape index (κ3) is 4.30. The smallest absolute Gasteiger partial charge is 0.187 e. The number of halogens is 2. The van der Waals surface area contributed by atoms with Crippen LogP contribution in [0.5, 0.6) is 0 Å². The lowest BCUT2D eigenvalue weighted by molar-refractivity contribution is 0.506. The van der Waals surface area contributed by atoms with Crippen LogP contribution in [0.4, 0.5) is 19.6 Å². The number of thioether (sulfide) groups is 1. The van der Waals surface area contributed by atoms with Crippen LogP contribution in [0.25, 0.3) is 0 Å². The Morgan fingerprint density at radius 3 is 2.61 bits per heavy atom. The number of hydrogen-bond donors (Lipinski definition) is 1. The van der Waals surface area contributed by atoms with Gasteiger partial charge >= 0.3 is 0 Å². The monoisotopic (exact) mass is 348 g/mol. The number of rotatable bonds is 5. The molecule has 0 unspecified atom stereocenters. The molecule has 0 aliphatic heterocycles. The molecule has 0 saturated heterocycles. The summed E-state index contributed by atoms with van der Waals surface area (Å²) >= 11 is 2.95. The van der Waals surface area contributed by atoms with E-state index in [0.717, 1.165) is 22.6 Å². The molecule has 0 atom stereocenters. The van der Waals surface area contributed by atoms with Crippen LogP contribution < -0.4 is 5.32 Å². The van der Waals surface area contributed by atoms with Gasteiger partial charge in [0, 0.05) is 21.7 Å². The molecule has 2 aromatic carbocycles. The fraction of sp³-hybridized carbons (Fsp3) is 0.118. The van der Waals surface area contributed by atoms with Crippen molar-refractivity contribution >= 4 is 33.9 Å². The summed E-state index contributed by atoms with van der Waals surface area (Å²) in [5.74, 6) is -1.04. The van der Waals surface area contributed by atoms with Crippen molar-refractivity contribution in [2.75, 3.05) is 5.32 Å². The van der Waals surface area contributed by atoms with Gasteiger partial charge in [0.05, 0.1) is 5.69 Å². The van der Waals surface area contributed by atoms with E-state index in [9.17, 15) is 8.78 Å². The van der Waals surface area contributed by atoms with E-state index in [2.05, 4.69) is 10.3 Å². The summed E-state index contributed by atoms with van der Waals surface area (Å²) in [4.78, 5) is 5.19. The van der Waals surface area contributed by atoms with Crippen molar-refractivity contribution in [3.63, 3.8) is 0 Å². The lowest BCUT2D eigenvalue weighted by Gasteiger charge is -2.02. The van der Waals surface area contributed by atoms with E-state index in [0.29, 0.717) is 10.6 Å². The molecule has 0 fully saturated rings. The first-order valence-electron chi connectivity index (χ1n) is 6.96. The van der Waals surface area contributed by atoms with Crippen molar-refractivity contribution < 1.29 is 8.78 Å². The molecule has 3 rings (SSSR count). The van der Waals surface area contributed by atoms with E-state index in [-0.39, 0.29) is 0 Å². The van der Waals surface area contributed by atoms with Gasteiger partial charge in [0.2, 0.25) is 0 Å². The molecular weight excluding hydrogens is 334 g/mol. The van der Waals surface area contributed by atoms with Gasteiger partial charge in [-0.1, -0.05) is 17.7 Å². The summed E-state index contributed by atoms with van der Waals surface area (Å²) in [6.45, 7) is 2.04. The molecule has 0 aliphatic rings. The average molecular weight is 348 g/mol. The second-order valence-corrected chi connectivity index (χ2v) is 6.91. The average Bonchev–Trinajstić information content (AvgIpc) is 2.98. The lowest BCUT2D eigenvalue weighted by atomic mass is 10.2. The summed E-state index contributed by atoms with van der Waals surface area (Å²) in [6.07, 6.45) is 0. The van der Waals surface area contributed by atoms with Gasteiger partial charge in [-0.2, -0.15) is 0 Å². The molecule has 2 nitrogen and oxygen atoms in total. The number of aryl methyl sites for hydroxylation is 1. The van der Waals surface area contributed by atoms with Crippen molar-refractivity contribution in [2.45, 2.75) is 17.6 Å². The Morgan fingerprint density at radius 2 is 1.87 bits per heavy atom. The molecular formula is C17H14F2N2S2. The second-order valence-electron chi connectivity index (χ2n) is 5.00. The van der Waals surface area contributed by atoms with Gasteiger partial charge in [-0.25, -0.2) is 13.8 Å². The van der Waals surface area contributed by atoms with E-state index in [1.54, 1.807) is 6.07 Å². The van der Waals surface area contributed by atoms with E-state index in [1.165, 1.54) is 34.7 Å². The van der Waals surface area contributed by atoms with Crippen LogP contribution in [0.15, 0.2) is 52.7 Å². The molecule has 0 radical (unpaired) electrons. The van der Waals surface area contributed by atoms with E-state index in [1.807, 2.05) is 36.6 Å². The highest BCUT2D eigenvalue weighted by molar-refractivity contribution is 7.98. The van der Waals surface area contributed by atoms with Gasteiger partial charge in [-0.05, 0) is 37.3 Å². The molecule has 118 valence electrons. The fourth-order valence-electron chi connectivity index (χ4n) is 1.91. The van der Waals surface area contributed by atoms with Crippen LogP contribution in [0.2, 0.25) is 0 Å². The Balaban J connectivity index is 1.60. The number of thiazole rings is 1. The van der Waals surface area contributed by atoms with Crippen molar-refractivity contribution in [1.29, 1.82) is 0 Å². The number of anilines is 2. The first-order valence-corrected chi connectivity index (χ1v) is 8.82. The third-order valence-corrected chi connectivity index (χ3v) is 4.97. The van der Waals surface area contributed by atoms with E-state index >= 15 is 0 Å². The Hall–Kier alpha value is -1.92. The largest absolute Gasteiger partial charge is 0.332 e. The molecule has 23 heavy (non-hydrogen) atoms. The third-order valence-electron chi connectivity index (χ3n) is 3.13. The summed E-state index contributed by atoms with van der Waals surface area (Å²) in [5, 5.41) is 6.03. The molecule has 6 heteroatoms. The summed E-state index contributed by atoms with van der Waals surface area (Å²) in [5.41, 5.74) is 3.10. The summed E-state index contributed by atoms with van der Waals surface area (Å²) in [6, 6.07) is 12.0. The van der Waals surface area contributed by atoms with Gasteiger partial charge in [-0.3, -0.25) is 0 Å². The van der Waals surface area contributed by atoms with Crippen LogP contribution in [-0.4, -0.2) is 4.98 Å². The zero-order valence-corrected chi connectivity index (χ0v) is 14.0. The number of nitrogens with zero attached hydrogens (tertiary/aromatic N) is 1. The highest BCUT2D eigenvalue weighted by atomic mass is 32.2. The van der Waals surface area contributed by atoms with Gasteiger partial charge < -0.3 is 5.32 Å². The number of nitrogens with one attached hydrogen (secondary N) is 1. The quantitative estimate of drug-likeness (QED) is 0.593. The molecule has 0 bridgehead atoms. The molecule has 1 aromatic heterocycles. The minimum absolute atomic E-state index is 0.608. The van der Waals surface area contributed by atoms with E-state index < -0.39 is 11.6 Å². The first kappa shape index (κ1) is 16.0. The number of aromatic nitrogens is 1. The maximum Gasteiger partial charge on any atom is 0.187 e. The molecule has 0 amide bonds. The predicted octanol–water partition coefficient (Wildman–Crippen LogP) is 5.77. The second kappa shape index (κ2) is 7.10. The van der Waals surface area contributed by atoms with Crippen LogP contribution >= 0.6 is 23.1 Å². The van der Waals surface area contributed by atoms with Crippen molar-refractivity contribution in [2.24, 2.45) is 0 Å². The Kier molecular flexibility index (Phi) is 4.93. The molecule has 0 spiro atoms. The highest BCUT2D eigenvalue weighted by Crippen LogP contribution is 2.27. The zero-order chi connectivity index (χ0) is 16.2. The standard InChI is InChI=1S/C17H14F2N2S2/c1-11-2-4-12(5-3-11)20-17-21-13(10-23-17)9-22-14-6-7-15(18)16(19)8-14/h2-8,10H,9H2,1H3,(H,20,21).